The van der Waals surface area contributed by atoms with Crippen molar-refractivity contribution >= 4 is 5.91 Å². The molecule has 1 aromatic carbocycles. The predicted molar refractivity (Wildman–Crippen MR) is 92.3 cm³/mol. The van der Waals surface area contributed by atoms with Gasteiger partial charge in [0.2, 0.25) is 0 Å². The molecule has 0 bridgehead atoms. The van der Waals surface area contributed by atoms with Crippen molar-refractivity contribution in [2.45, 2.75) is 32.6 Å². The number of likely N-dealkylation sites (tertiary alicyclic amines) is 1. The molecule has 1 amide bonds. The first kappa shape index (κ1) is 17.5. The zero-order valence-electron chi connectivity index (χ0n) is 14.3. The van der Waals surface area contributed by atoms with Gasteiger partial charge in [0, 0.05) is 24.3 Å². The summed E-state index contributed by atoms with van der Waals surface area (Å²) in [7, 11) is 0. The van der Waals surface area contributed by atoms with Crippen LogP contribution in [0, 0.1) is 24.5 Å². The number of pyridine rings is 1. The largest absolute Gasteiger partial charge is 0.337 e. The molecule has 1 atom stereocenters. The zero-order valence-corrected chi connectivity index (χ0v) is 14.3. The van der Waals surface area contributed by atoms with Crippen LogP contribution in [-0.4, -0.2) is 28.9 Å². The van der Waals surface area contributed by atoms with Gasteiger partial charge >= 0.3 is 0 Å². The molecule has 1 aromatic heterocycles. The summed E-state index contributed by atoms with van der Waals surface area (Å²) < 4.78 is 27.5. The molecule has 3 rings (SSSR count). The van der Waals surface area contributed by atoms with Crippen LogP contribution in [0.4, 0.5) is 8.78 Å². The molecule has 0 saturated carbocycles. The van der Waals surface area contributed by atoms with E-state index in [0.29, 0.717) is 31.6 Å². The topological polar surface area (TPSA) is 33.2 Å². The standard InChI is InChI=1S/C20H22F2N2O/c1-14-5-2-9-19(23-14)20(25)24-12-4-6-15(13-24)10-11-16-17(21)7-3-8-18(16)22/h2-3,5,7-9,15H,4,6,10-13H2,1H3/t15-/m0/s1. The van der Waals surface area contributed by atoms with Crippen molar-refractivity contribution < 1.29 is 13.6 Å². The summed E-state index contributed by atoms with van der Waals surface area (Å²) in [4.78, 5) is 18.7. The smallest absolute Gasteiger partial charge is 0.272 e. The van der Waals surface area contributed by atoms with Crippen LogP contribution < -0.4 is 0 Å². The molecule has 1 saturated heterocycles. The minimum Gasteiger partial charge on any atom is -0.337 e. The summed E-state index contributed by atoms with van der Waals surface area (Å²) in [5.41, 5.74) is 1.42. The van der Waals surface area contributed by atoms with Crippen LogP contribution in [0.15, 0.2) is 36.4 Å². The molecule has 0 radical (unpaired) electrons. The number of amides is 1. The van der Waals surface area contributed by atoms with Gasteiger partial charge in [-0.3, -0.25) is 4.79 Å². The van der Waals surface area contributed by atoms with E-state index in [1.165, 1.54) is 18.2 Å². The fourth-order valence-electron chi connectivity index (χ4n) is 3.43. The van der Waals surface area contributed by atoms with Gasteiger partial charge in [-0.05, 0) is 62.8 Å². The van der Waals surface area contributed by atoms with E-state index in [2.05, 4.69) is 4.98 Å². The Kier molecular flexibility index (Phi) is 5.41. The summed E-state index contributed by atoms with van der Waals surface area (Å²) in [6, 6.07) is 9.38. The number of rotatable bonds is 4. The molecule has 2 heterocycles. The van der Waals surface area contributed by atoms with Gasteiger partial charge in [-0.2, -0.15) is 0 Å². The predicted octanol–water partition coefficient (Wildman–Crippen LogP) is 4.15. The maximum atomic E-state index is 13.8. The van der Waals surface area contributed by atoms with E-state index >= 15 is 0 Å². The molecule has 1 fully saturated rings. The van der Waals surface area contributed by atoms with Crippen molar-refractivity contribution in [1.29, 1.82) is 0 Å². The number of hydrogen-bond acceptors (Lipinski definition) is 2. The highest BCUT2D eigenvalue weighted by molar-refractivity contribution is 5.92. The van der Waals surface area contributed by atoms with Crippen molar-refractivity contribution in [3.05, 3.63) is 65.0 Å². The third-order valence-corrected chi connectivity index (χ3v) is 4.78. The quantitative estimate of drug-likeness (QED) is 0.835. The van der Waals surface area contributed by atoms with Crippen LogP contribution in [-0.2, 0) is 6.42 Å². The van der Waals surface area contributed by atoms with Crippen LogP contribution in [0.1, 0.15) is 41.0 Å². The molecule has 1 aliphatic heterocycles. The number of carbonyl (C=O) groups excluding carboxylic acids is 1. The number of piperidine rings is 1. The number of aromatic nitrogens is 1. The third kappa shape index (κ3) is 4.21. The Morgan fingerprint density at radius 1 is 1.20 bits per heavy atom. The van der Waals surface area contributed by atoms with E-state index in [0.717, 1.165) is 18.5 Å². The van der Waals surface area contributed by atoms with Crippen molar-refractivity contribution in [3.63, 3.8) is 0 Å². The van der Waals surface area contributed by atoms with Crippen molar-refractivity contribution in [2.24, 2.45) is 5.92 Å². The summed E-state index contributed by atoms with van der Waals surface area (Å²) in [6.45, 7) is 3.18. The first-order chi connectivity index (χ1) is 12.0. The van der Waals surface area contributed by atoms with Gasteiger partial charge in [-0.1, -0.05) is 12.1 Å². The molecule has 132 valence electrons. The Morgan fingerprint density at radius 3 is 2.64 bits per heavy atom. The van der Waals surface area contributed by atoms with E-state index in [9.17, 15) is 13.6 Å². The zero-order chi connectivity index (χ0) is 17.8. The van der Waals surface area contributed by atoms with E-state index < -0.39 is 11.6 Å². The number of hydrogen-bond donors (Lipinski definition) is 0. The maximum absolute atomic E-state index is 13.8. The van der Waals surface area contributed by atoms with Gasteiger partial charge in [0.05, 0.1) is 0 Å². The molecule has 0 spiro atoms. The molecule has 0 unspecified atom stereocenters. The number of carbonyl (C=O) groups is 1. The molecule has 2 aromatic rings. The van der Waals surface area contributed by atoms with Crippen LogP contribution in [0.25, 0.3) is 0 Å². The van der Waals surface area contributed by atoms with Gasteiger partial charge in [-0.25, -0.2) is 13.8 Å². The van der Waals surface area contributed by atoms with Gasteiger partial charge in [-0.15, -0.1) is 0 Å². The average Bonchev–Trinajstić information content (AvgIpc) is 2.61. The lowest BCUT2D eigenvalue weighted by Gasteiger charge is -2.32. The fraction of sp³-hybridized carbons (Fsp3) is 0.400. The minimum atomic E-state index is -0.493. The highest BCUT2D eigenvalue weighted by atomic mass is 19.1. The monoisotopic (exact) mass is 344 g/mol. The molecular formula is C20H22F2N2O. The fourth-order valence-corrected chi connectivity index (χ4v) is 3.43. The van der Waals surface area contributed by atoms with Crippen molar-refractivity contribution in [3.8, 4) is 0 Å². The second kappa shape index (κ2) is 7.72. The minimum absolute atomic E-state index is 0.0644. The lowest BCUT2D eigenvalue weighted by molar-refractivity contribution is 0.0662. The average molecular weight is 344 g/mol. The molecule has 25 heavy (non-hydrogen) atoms. The molecule has 3 nitrogen and oxygen atoms in total. The van der Waals surface area contributed by atoms with Crippen molar-refractivity contribution in [1.82, 2.24) is 9.88 Å². The van der Waals surface area contributed by atoms with Crippen LogP contribution in [0.3, 0.4) is 0 Å². The normalized spacial score (nSPS) is 17.6. The Balaban J connectivity index is 1.62. The van der Waals surface area contributed by atoms with Gasteiger partial charge in [0.1, 0.15) is 17.3 Å². The summed E-state index contributed by atoms with van der Waals surface area (Å²) in [6.07, 6.45) is 2.90. The Labute approximate surface area is 146 Å². The SMILES string of the molecule is Cc1cccc(C(=O)N2CCC[C@@H](CCc3c(F)cccc3F)C2)n1. The molecular weight excluding hydrogens is 322 g/mol. The number of benzene rings is 1. The third-order valence-electron chi connectivity index (χ3n) is 4.78. The lowest BCUT2D eigenvalue weighted by atomic mass is 9.91. The van der Waals surface area contributed by atoms with Crippen LogP contribution >= 0.6 is 0 Å². The van der Waals surface area contributed by atoms with E-state index in [1.807, 2.05) is 24.0 Å². The first-order valence-electron chi connectivity index (χ1n) is 8.70. The maximum Gasteiger partial charge on any atom is 0.272 e. The summed E-state index contributed by atoms with van der Waals surface area (Å²) >= 11 is 0. The van der Waals surface area contributed by atoms with E-state index in [-0.39, 0.29) is 17.4 Å². The Bertz CT molecular complexity index is 743. The van der Waals surface area contributed by atoms with Gasteiger partial charge < -0.3 is 4.90 Å². The van der Waals surface area contributed by atoms with Gasteiger partial charge in [0.15, 0.2) is 0 Å². The second-order valence-electron chi connectivity index (χ2n) is 6.66. The molecule has 1 aliphatic rings. The highest BCUT2D eigenvalue weighted by Gasteiger charge is 2.25. The van der Waals surface area contributed by atoms with E-state index in [1.54, 1.807) is 6.07 Å². The Hall–Kier alpha value is -2.30. The number of aryl methyl sites for hydroxylation is 1. The van der Waals surface area contributed by atoms with Crippen LogP contribution in [0.2, 0.25) is 0 Å². The lowest BCUT2D eigenvalue weighted by Crippen LogP contribution is -2.40. The van der Waals surface area contributed by atoms with E-state index in [4.69, 9.17) is 0 Å². The van der Waals surface area contributed by atoms with Crippen LogP contribution in [0.5, 0.6) is 0 Å². The second-order valence-corrected chi connectivity index (χ2v) is 6.66. The number of nitrogens with zero attached hydrogens (tertiary/aromatic N) is 2. The summed E-state index contributed by atoms with van der Waals surface area (Å²) in [5.74, 6) is -0.799. The first-order valence-corrected chi connectivity index (χ1v) is 8.70. The van der Waals surface area contributed by atoms with Gasteiger partial charge in [0.25, 0.3) is 5.91 Å². The number of halogens is 2. The molecule has 0 aliphatic carbocycles. The molecule has 0 N–H and O–H groups in total. The summed E-state index contributed by atoms with van der Waals surface area (Å²) in [5, 5.41) is 0. The highest BCUT2D eigenvalue weighted by Crippen LogP contribution is 2.24. The van der Waals surface area contributed by atoms with Crippen molar-refractivity contribution in [2.75, 3.05) is 13.1 Å². The molecule has 5 heteroatoms. The Morgan fingerprint density at radius 2 is 1.92 bits per heavy atom.